The molecule has 0 N–H and O–H groups in total. The summed E-state index contributed by atoms with van der Waals surface area (Å²) in [5.74, 6) is 0.340. The molecule has 0 radical (unpaired) electrons. The normalized spacial score (nSPS) is 23.6. The van der Waals surface area contributed by atoms with Crippen LogP contribution in [0.25, 0.3) is 6.08 Å². The summed E-state index contributed by atoms with van der Waals surface area (Å²) in [4.78, 5) is 42.5. The van der Waals surface area contributed by atoms with Crippen LogP contribution in [0, 0.1) is 5.92 Å². The Labute approximate surface area is 285 Å². The van der Waals surface area contributed by atoms with E-state index in [1.54, 1.807) is 17.1 Å². The lowest BCUT2D eigenvalue weighted by Crippen LogP contribution is -2.45. The average Bonchev–Trinajstić information content (AvgIpc) is 3.79. The van der Waals surface area contributed by atoms with Crippen molar-refractivity contribution in [1.29, 1.82) is 0 Å². The van der Waals surface area contributed by atoms with Crippen molar-refractivity contribution in [3.63, 3.8) is 0 Å². The van der Waals surface area contributed by atoms with Gasteiger partial charge in [-0.3, -0.25) is 19.4 Å². The molecule has 4 aliphatic rings. The Kier molecular flexibility index (Phi) is 8.99. The van der Waals surface area contributed by atoms with Crippen molar-refractivity contribution in [1.82, 2.24) is 10.0 Å². The number of benzene rings is 3. The Morgan fingerprint density at radius 1 is 0.857 bits per heavy atom. The van der Waals surface area contributed by atoms with E-state index in [2.05, 4.69) is 16.4 Å². The number of fused-ring (bicyclic) bond motifs is 2. The van der Waals surface area contributed by atoms with Crippen molar-refractivity contribution in [2.75, 3.05) is 24.7 Å². The van der Waals surface area contributed by atoms with Gasteiger partial charge in [0.15, 0.2) is 12.1 Å². The number of carbonyl (C=O) groups is 3. The summed E-state index contributed by atoms with van der Waals surface area (Å²) >= 11 is 0. The van der Waals surface area contributed by atoms with Crippen LogP contribution in [-0.2, 0) is 20.8 Å². The predicted octanol–water partition coefficient (Wildman–Crippen LogP) is 6.16. The molecule has 3 aromatic rings. The van der Waals surface area contributed by atoms with E-state index in [1.165, 1.54) is 5.01 Å². The zero-order valence-electron chi connectivity index (χ0n) is 28.0. The molecule has 4 atom stereocenters. The van der Waals surface area contributed by atoms with Crippen LogP contribution in [0.2, 0.25) is 0 Å². The molecule has 7 rings (SSSR count). The zero-order valence-corrected chi connectivity index (χ0v) is 28.0. The lowest BCUT2D eigenvalue weighted by Gasteiger charge is -2.30. The summed E-state index contributed by atoms with van der Waals surface area (Å²) in [6.07, 6.45) is 5.66. The van der Waals surface area contributed by atoms with Crippen molar-refractivity contribution in [3.8, 4) is 11.5 Å². The van der Waals surface area contributed by atoms with E-state index in [0.717, 1.165) is 70.1 Å². The summed E-state index contributed by atoms with van der Waals surface area (Å²) in [5.41, 5.74) is 5.54. The highest BCUT2D eigenvalue weighted by molar-refractivity contribution is 6.25. The summed E-state index contributed by atoms with van der Waals surface area (Å²) < 4.78 is 11.3. The second-order valence-corrected chi connectivity index (χ2v) is 12.6. The number of nitrogens with zero attached hydrogens (tertiary/aromatic N) is 6. The SMILES string of the molecule is CCOc1ccc(/C=C2\CCC[C@@H]3C2=NN(C(=O)CN2N=N[C@@H]4C(=O)N(c5ccc(CC)cc5)C(=O)[C@@H]42)[C@H]3c2ccc(OCC)cc2)cc1. The van der Waals surface area contributed by atoms with Crippen LogP contribution < -0.4 is 14.4 Å². The molecule has 3 aromatic carbocycles. The van der Waals surface area contributed by atoms with Gasteiger partial charge in [0.1, 0.15) is 18.0 Å². The Bertz CT molecular complexity index is 1820. The van der Waals surface area contributed by atoms with Crippen LogP contribution in [0.1, 0.15) is 62.8 Å². The fourth-order valence-corrected chi connectivity index (χ4v) is 7.20. The Hall–Kier alpha value is -5.32. The van der Waals surface area contributed by atoms with Gasteiger partial charge in [0.25, 0.3) is 17.7 Å². The smallest absolute Gasteiger partial charge is 0.264 e. The highest BCUT2D eigenvalue weighted by atomic mass is 16.5. The summed E-state index contributed by atoms with van der Waals surface area (Å²) in [6.45, 7) is 6.85. The molecule has 0 spiro atoms. The number of allylic oxidation sites excluding steroid dienone is 1. The number of hydrogen-bond donors (Lipinski definition) is 0. The van der Waals surface area contributed by atoms with Crippen LogP contribution in [-0.4, -0.2) is 65.3 Å². The molecule has 11 heteroatoms. The fourth-order valence-electron chi connectivity index (χ4n) is 7.20. The number of anilines is 1. The maximum absolute atomic E-state index is 14.3. The van der Waals surface area contributed by atoms with Gasteiger partial charge in [0.05, 0.1) is 30.7 Å². The van der Waals surface area contributed by atoms with Gasteiger partial charge in [0.2, 0.25) is 0 Å². The standard InChI is InChI=1S/C38H40N6O5/c1-4-24-10-16-28(17-11-24)43-37(46)34-36(38(43)47)42(41-39-34)23-32(45)44-35(26-14-20-30(21-15-26)49-6-3)31-9-7-8-27(33(31)40-44)22-25-12-18-29(19-13-25)48-5-2/h10-22,31,34-36H,4-9,23H2,1-3H3/b27-22+/t31-,34+,35+,36-/m1/s1. The van der Waals surface area contributed by atoms with E-state index in [9.17, 15) is 14.4 Å². The number of ether oxygens (including phenoxy) is 2. The molecule has 0 bridgehead atoms. The number of hydrazone groups is 1. The Morgan fingerprint density at radius 3 is 2.18 bits per heavy atom. The van der Waals surface area contributed by atoms with Crippen LogP contribution in [0.15, 0.2) is 93.8 Å². The van der Waals surface area contributed by atoms with Gasteiger partial charge in [-0.25, -0.2) is 9.91 Å². The Morgan fingerprint density at radius 2 is 1.53 bits per heavy atom. The topological polar surface area (TPSA) is 116 Å². The van der Waals surface area contributed by atoms with E-state index in [4.69, 9.17) is 14.6 Å². The van der Waals surface area contributed by atoms with E-state index >= 15 is 0 Å². The van der Waals surface area contributed by atoms with E-state index in [-0.39, 0.29) is 24.4 Å². The molecule has 11 nitrogen and oxygen atoms in total. The molecule has 3 aliphatic heterocycles. The van der Waals surface area contributed by atoms with Gasteiger partial charge < -0.3 is 9.47 Å². The molecule has 0 unspecified atom stereocenters. The lowest BCUT2D eigenvalue weighted by molar-refractivity contribution is -0.136. The maximum atomic E-state index is 14.3. The number of carbonyl (C=O) groups excluding carboxylic acids is 3. The van der Waals surface area contributed by atoms with E-state index in [1.807, 2.05) is 81.4 Å². The van der Waals surface area contributed by atoms with Gasteiger partial charge >= 0.3 is 0 Å². The third-order valence-corrected chi connectivity index (χ3v) is 9.58. The monoisotopic (exact) mass is 660 g/mol. The molecule has 0 aromatic heterocycles. The van der Waals surface area contributed by atoms with Crippen LogP contribution in [0.3, 0.4) is 0 Å². The predicted molar refractivity (Wildman–Crippen MR) is 185 cm³/mol. The first-order valence-corrected chi connectivity index (χ1v) is 17.1. The summed E-state index contributed by atoms with van der Waals surface area (Å²) in [7, 11) is 0. The minimum atomic E-state index is -0.996. The molecule has 1 saturated carbocycles. The molecule has 1 aliphatic carbocycles. The molecule has 3 heterocycles. The second-order valence-electron chi connectivity index (χ2n) is 12.6. The van der Waals surface area contributed by atoms with Gasteiger partial charge in [-0.2, -0.15) is 10.2 Å². The third kappa shape index (κ3) is 6.09. The minimum Gasteiger partial charge on any atom is -0.494 e. The van der Waals surface area contributed by atoms with Crippen molar-refractivity contribution < 1.29 is 23.9 Å². The molecule has 1 saturated heterocycles. The van der Waals surface area contributed by atoms with Crippen molar-refractivity contribution in [2.45, 2.75) is 64.6 Å². The van der Waals surface area contributed by atoms with Crippen molar-refractivity contribution in [2.24, 2.45) is 21.4 Å². The quantitative estimate of drug-likeness (QED) is 0.241. The van der Waals surface area contributed by atoms with Crippen LogP contribution in [0.4, 0.5) is 5.69 Å². The number of aryl methyl sites for hydroxylation is 1. The molecule has 252 valence electrons. The third-order valence-electron chi connectivity index (χ3n) is 9.58. The highest BCUT2D eigenvalue weighted by Gasteiger charge is 2.55. The molecular weight excluding hydrogens is 620 g/mol. The van der Waals surface area contributed by atoms with Gasteiger partial charge in [-0.05, 0) is 104 Å². The van der Waals surface area contributed by atoms with Crippen molar-refractivity contribution >= 4 is 35.2 Å². The van der Waals surface area contributed by atoms with Gasteiger partial charge in [-0.15, -0.1) is 0 Å². The second kappa shape index (κ2) is 13.7. The first-order valence-electron chi connectivity index (χ1n) is 17.1. The van der Waals surface area contributed by atoms with Crippen LogP contribution >= 0.6 is 0 Å². The maximum Gasteiger partial charge on any atom is 0.264 e. The minimum absolute atomic E-state index is 0.0196. The first-order chi connectivity index (χ1) is 23.9. The molecule has 49 heavy (non-hydrogen) atoms. The van der Waals surface area contributed by atoms with E-state index < -0.39 is 23.9 Å². The summed E-state index contributed by atoms with van der Waals surface area (Å²) in [6, 6.07) is 20.8. The van der Waals surface area contributed by atoms with Gasteiger partial charge in [-0.1, -0.05) is 48.5 Å². The molecule has 3 amide bonds. The molecule has 2 fully saturated rings. The number of imide groups is 1. The lowest BCUT2D eigenvalue weighted by atomic mass is 9.77. The zero-order chi connectivity index (χ0) is 34.1. The largest absolute Gasteiger partial charge is 0.494 e. The Balaban J connectivity index is 1.17. The highest BCUT2D eigenvalue weighted by Crippen LogP contribution is 2.45. The van der Waals surface area contributed by atoms with Crippen LogP contribution in [0.5, 0.6) is 11.5 Å². The first kappa shape index (κ1) is 32.2. The van der Waals surface area contributed by atoms with Gasteiger partial charge in [0, 0.05) is 5.92 Å². The average molecular weight is 661 g/mol. The number of hydrogen-bond acceptors (Lipinski definition) is 9. The van der Waals surface area contributed by atoms with E-state index in [0.29, 0.717) is 18.9 Å². The summed E-state index contributed by atoms with van der Waals surface area (Å²) in [5, 5.41) is 16.2. The number of amides is 3. The number of rotatable bonds is 10. The molecular formula is C38H40N6O5. The van der Waals surface area contributed by atoms with Crippen molar-refractivity contribution in [3.05, 3.63) is 95.1 Å². The fraction of sp³-hybridized carbons (Fsp3) is 0.368.